The first-order valence-electron chi connectivity index (χ1n) is 4.93. The van der Waals surface area contributed by atoms with E-state index in [0.29, 0.717) is 0 Å². The van der Waals surface area contributed by atoms with Gasteiger partial charge >= 0.3 is 0 Å². The smallest absolute Gasteiger partial charge is 0.0367 e. The molecular weight excluding hydrogens is 238 g/mol. The summed E-state index contributed by atoms with van der Waals surface area (Å²) in [6.45, 7) is 6.25. The van der Waals surface area contributed by atoms with Crippen LogP contribution in [0.2, 0.25) is 0 Å². The van der Waals surface area contributed by atoms with Gasteiger partial charge in [0.05, 0.1) is 0 Å². The Bertz CT molecular complexity index is 319. The van der Waals surface area contributed by atoms with Crippen LogP contribution < -0.4 is 4.90 Å². The number of rotatable bonds is 1. The van der Waals surface area contributed by atoms with Crippen molar-refractivity contribution in [3.8, 4) is 0 Å². The summed E-state index contributed by atoms with van der Waals surface area (Å²) in [5.74, 6) is 0. The zero-order valence-corrected chi connectivity index (χ0v) is 9.76. The summed E-state index contributed by atoms with van der Waals surface area (Å²) >= 11 is 3.45. The minimum Gasteiger partial charge on any atom is -0.371 e. The van der Waals surface area contributed by atoms with Crippen LogP contribution >= 0.6 is 15.9 Å². The second kappa shape index (κ2) is 4.18. The van der Waals surface area contributed by atoms with Crippen LogP contribution in [0.4, 0.5) is 5.69 Å². The maximum absolute atomic E-state index is 4.02. The molecule has 74 valence electrons. The van der Waals surface area contributed by atoms with Crippen molar-refractivity contribution in [2.75, 3.05) is 18.0 Å². The predicted octanol–water partition coefficient (Wildman–Crippen LogP) is 3.61. The first-order valence-corrected chi connectivity index (χ1v) is 5.72. The van der Waals surface area contributed by atoms with Crippen LogP contribution in [-0.2, 0) is 0 Å². The van der Waals surface area contributed by atoms with Gasteiger partial charge in [0.2, 0.25) is 0 Å². The first kappa shape index (κ1) is 9.78. The van der Waals surface area contributed by atoms with Gasteiger partial charge < -0.3 is 4.90 Å². The molecule has 1 nitrogen and oxygen atoms in total. The molecule has 1 fully saturated rings. The molecule has 1 aliphatic rings. The fraction of sp³-hybridized carbons (Fsp3) is 0.333. The molecule has 0 radical (unpaired) electrons. The lowest BCUT2D eigenvalue weighted by Crippen LogP contribution is -2.30. The third-order valence-electron chi connectivity index (χ3n) is 2.66. The Balaban J connectivity index is 2.08. The molecule has 0 spiro atoms. The van der Waals surface area contributed by atoms with E-state index in [2.05, 4.69) is 51.7 Å². The van der Waals surface area contributed by atoms with E-state index >= 15 is 0 Å². The van der Waals surface area contributed by atoms with Crippen molar-refractivity contribution >= 4 is 21.6 Å². The summed E-state index contributed by atoms with van der Waals surface area (Å²) in [6.07, 6.45) is 2.27. The SMILES string of the molecule is C=C1CCN(c2ccc(Br)cc2)CC1. The summed E-state index contributed by atoms with van der Waals surface area (Å²) in [6, 6.07) is 8.52. The van der Waals surface area contributed by atoms with Crippen molar-refractivity contribution in [1.82, 2.24) is 0 Å². The maximum atomic E-state index is 4.02. The molecule has 2 rings (SSSR count). The molecular formula is C12H14BrN. The summed E-state index contributed by atoms with van der Waals surface area (Å²) in [5.41, 5.74) is 2.71. The highest BCUT2D eigenvalue weighted by Crippen LogP contribution is 2.23. The highest BCUT2D eigenvalue weighted by Gasteiger charge is 2.12. The van der Waals surface area contributed by atoms with Gasteiger partial charge in [-0.3, -0.25) is 0 Å². The molecule has 0 aliphatic carbocycles. The quantitative estimate of drug-likeness (QED) is 0.690. The molecule has 1 aliphatic heterocycles. The van der Waals surface area contributed by atoms with Crippen LogP contribution in [0, 0.1) is 0 Å². The number of nitrogens with zero attached hydrogens (tertiary/aromatic N) is 1. The Kier molecular flexibility index (Phi) is 2.92. The normalized spacial score (nSPS) is 17.2. The second-order valence-corrected chi connectivity index (χ2v) is 4.63. The lowest BCUT2D eigenvalue weighted by atomic mass is 10.1. The minimum absolute atomic E-state index is 1.11. The topological polar surface area (TPSA) is 3.24 Å². The largest absolute Gasteiger partial charge is 0.371 e. The number of hydrogen-bond donors (Lipinski definition) is 0. The van der Waals surface area contributed by atoms with Crippen molar-refractivity contribution in [2.45, 2.75) is 12.8 Å². The van der Waals surface area contributed by atoms with Gasteiger partial charge in [0.25, 0.3) is 0 Å². The van der Waals surface area contributed by atoms with Crippen LogP contribution in [0.1, 0.15) is 12.8 Å². The van der Waals surface area contributed by atoms with Crippen molar-refractivity contribution < 1.29 is 0 Å². The first-order chi connectivity index (χ1) is 6.75. The lowest BCUT2D eigenvalue weighted by Gasteiger charge is -2.30. The van der Waals surface area contributed by atoms with Gasteiger partial charge in [0.1, 0.15) is 0 Å². The molecule has 14 heavy (non-hydrogen) atoms. The van der Waals surface area contributed by atoms with Crippen LogP contribution in [0.15, 0.2) is 40.9 Å². The van der Waals surface area contributed by atoms with Crippen molar-refractivity contribution in [2.24, 2.45) is 0 Å². The van der Waals surface area contributed by atoms with Crippen LogP contribution in [0.25, 0.3) is 0 Å². The Morgan fingerprint density at radius 2 is 1.64 bits per heavy atom. The summed E-state index contributed by atoms with van der Waals surface area (Å²) < 4.78 is 1.14. The molecule has 0 saturated carbocycles. The lowest BCUT2D eigenvalue weighted by molar-refractivity contribution is 0.687. The number of hydrogen-bond acceptors (Lipinski definition) is 1. The van der Waals surface area contributed by atoms with E-state index in [1.54, 1.807) is 0 Å². The van der Waals surface area contributed by atoms with Gasteiger partial charge in [-0.1, -0.05) is 28.1 Å². The molecule has 0 bridgehead atoms. The Labute approximate surface area is 93.6 Å². The number of halogens is 1. The number of anilines is 1. The van der Waals surface area contributed by atoms with Gasteiger partial charge in [-0.2, -0.15) is 0 Å². The molecule has 1 saturated heterocycles. The van der Waals surface area contributed by atoms with Gasteiger partial charge in [-0.25, -0.2) is 0 Å². The van der Waals surface area contributed by atoms with E-state index in [1.807, 2.05) is 0 Å². The van der Waals surface area contributed by atoms with Crippen LogP contribution in [-0.4, -0.2) is 13.1 Å². The molecule has 1 aromatic carbocycles. The minimum atomic E-state index is 1.11. The average molecular weight is 252 g/mol. The van der Waals surface area contributed by atoms with Gasteiger partial charge in [0.15, 0.2) is 0 Å². The fourth-order valence-corrected chi connectivity index (χ4v) is 2.00. The highest BCUT2D eigenvalue weighted by atomic mass is 79.9. The van der Waals surface area contributed by atoms with Crippen LogP contribution in [0.5, 0.6) is 0 Å². The zero-order chi connectivity index (χ0) is 9.97. The Hall–Kier alpha value is -0.760. The standard InChI is InChI=1S/C12H14BrN/c1-10-6-8-14(9-7-10)12-4-2-11(13)3-5-12/h2-5H,1,6-9H2. The molecule has 1 aromatic rings. The fourth-order valence-electron chi connectivity index (χ4n) is 1.73. The van der Waals surface area contributed by atoms with Crippen molar-refractivity contribution in [3.05, 3.63) is 40.9 Å². The third-order valence-corrected chi connectivity index (χ3v) is 3.19. The number of piperidine rings is 1. The van der Waals surface area contributed by atoms with E-state index in [-0.39, 0.29) is 0 Å². The van der Waals surface area contributed by atoms with E-state index in [0.717, 1.165) is 30.4 Å². The zero-order valence-electron chi connectivity index (χ0n) is 8.17. The van der Waals surface area contributed by atoms with Crippen LogP contribution in [0.3, 0.4) is 0 Å². The van der Waals surface area contributed by atoms with Gasteiger partial charge in [-0.05, 0) is 37.1 Å². The predicted molar refractivity (Wildman–Crippen MR) is 64.7 cm³/mol. The maximum Gasteiger partial charge on any atom is 0.0367 e. The second-order valence-electron chi connectivity index (χ2n) is 3.71. The van der Waals surface area contributed by atoms with Gasteiger partial charge in [0, 0.05) is 23.2 Å². The van der Waals surface area contributed by atoms with E-state index in [9.17, 15) is 0 Å². The Morgan fingerprint density at radius 3 is 2.21 bits per heavy atom. The molecule has 0 atom stereocenters. The summed E-state index contributed by atoms with van der Waals surface area (Å²) in [4.78, 5) is 2.42. The molecule has 0 aromatic heterocycles. The van der Waals surface area contributed by atoms with E-state index in [4.69, 9.17) is 0 Å². The molecule has 0 amide bonds. The van der Waals surface area contributed by atoms with E-state index < -0.39 is 0 Å². The molecule has 0 N–H and O–H groups in total. The molecule has 1 heterocycles. The average Bonchev–Trinajstić information content (AvgIpc) is 2.21. The highest BCUT2D eigenvalue weighted by molar-refractivity contribution is 9.10. The summed E-state index contributed by atoms with van der Waals surface area (Å²) in [5, 5.41) is 0. The molecule has 0 unspecified atom stereocenters. The number of benzene rings is 1. The summed E-state index contributed by atoms with van der Waals surface area (Å²) in [7, 11) is 0. The third kappa shape index (κ3) is 2.18. The van der Waals surface area contributed by atoms with Gasteiger partial charge in [-0.15, -0.1) is 0 Å². The molecule has 2 heteroatoms. The van der Waals surface area contributed by atoms with Crippen molar-refractivity contribution in [1.29, 1.82) is 0 Å². The Morgan fingerprint density at radius 1 is 1.07 bits per heavy atom. The van der Waals surface area contributed by atoms with Crippen molar-refractivity contribution in [3.63, 3.8) is 0 Å². The monoisotopic (exact) mass is 251 g/mol. The van der Waals surface area contributed by atoms with E-state index in [1.165, 1.54) is 11.3 Å².